The lowest BCUT2D eigenvalue weighted by molar-refractivity contribution is -0.400. The van der Waals surface area contributed by atoms with Gasteiger partial charge in [-0.15, -0.1) is 0 Å². The van der Waals surface area contributed by atoms with Crippen LogP contribution < -0.4 is 9.47 Å². The van der Waals surface area contributed by atoms with Gasteiger partial charge in [-0.25, -0.2) is 0 Å². The van der Waals surface area contributed by atoms with Crippen LogP contribution in [0.25, 0.3) is 16.8 Å². The molecule has 5 nitrogen and oxygen atoms in total. The summed E-state index contributed by atoms with van der Waals surface area (Å²) in [5.41, 5.74) is 0.663. The van der Waals surface area contributed by atoms with Crippen molar-refractivity contribution in [2.45, 2.75) is 0 Å². The first-order valence-corrected chi connectivity index (χ1v) is 5.62. The van der Waals surface area contributed by atoms with Crippen LogP contribution >= 0.6 is 0 Å². The number of rotatable bonds is 4. The zero-order chi connectivity index (χ0) is 13.8. The van der Waals surface area contributed by atoms with E-state index in [0.717, 1.165) is 17.0 Å². The third-order valence-electron chi connectivity index (χ3n) is 2.81. The Hall–Kier alpha value is -2.56. The second-order valence-electron chi connectivity index (χ2n) is 3.87. The van der Waals surface area contributed by atoms with Gasteiger partial charge in [0.05, 0.1) is 19.1 Å². The van der Waals surface area contributed by atoms with Gasteiger partial charge in [0.2, 0.25) is 6.20 Å². The first-order valence-electron chi connectivity index (χ1n) is 5.62. The highest BCUT2D eigenvalue weighted by Crippen LogP contribution is 2.31. The number of hydrogen-bond donors (Lipinski definition) is 0. The molecular weight excluding hydrogens is 246 g/mol. The maximum atomic E-state index is 10.5. The Morgan fingerprint density at radius 3 is 2.53 bits per heavy atom. The zero-order valence-electron chi connectivity index (χ0n) is 10.6. The lowest BCUT2D eigenvalue weighted by Gasteiger charge is -2.09. The molecule has 0 saturated heterocycles. The molecule has 0 heterocycles. The molecule has 0 aliphatic carbocycles. The van der Waals surface area contributed by atoms with E-state index in [4.69, 9.17) is 9.47 Å². The van der Waals surface area contributed by atoms with Crippen molar-refractivity contribution in [1.29, 1.82) is 0 Å². The Kier molecular flexibility index (Phi) is 3.66. The molecule has 0 fully saturated rings. The van der Waals surface area contributed by atoms with E-state index >= 15 is 0 Å². The molecule has 0 spiro atoms. The summed E-state index contributed by atoms with van der Waals surface area (Å²) in [5, 5.41) is 12.3. The smallest absolute Gasteiger partial charge is 0.235 e. The highest BCUT2D eigenvalue weighted by molar-refractivity contribution is 5.94. The Labute approximate surface area is 110 Å². The second kappa shape index (κ2) is 5.39. The molecule has 0 amide bonds. The van der Waals surface area contributed by atoms with Crippen LogP contribution in [0.5, 0.6) is 11.5 Å². The molecule has 0 unspecified atom stereocenters. The first kappa shape index (κ1) is 12.9. The van der Waals surface area contributed by atoms with Gasteiger partial charge in [0.1, 0.15) is 11.5 Å². The van der Waals surface area contributed by atoms with Gasteiger partial charge in [0.15, 0.2) is 0 Å². The van der Waals surface area contributed by atoms with E-state index in [2.05, 4.69) is 0 Å². The van der Waals surface area contributed by atoms with Crippen molar-refractivity contribution >= 4 is 16.8 Å². The van der Waals surface area contributed by atoms with E-state index in [0.29, 0.717) is 17.1 Å². The van der Waals surface area contributed by atoms with Gasteiger partial charge >= 0.3 is 0 Å². The summed E-state index contributed by atoms with van der Waals surface area (Å²) < 4.78 is 10.4. The average Bonchev–Trinajstić information content (AvgIpc) is 2.43. The monoisotopic (exact) mass is 259 g/mol. The van der Waals surface area contributed by atoms with E-state index in [9.17, 15) is 10.1 Å². The predicted molar refractivity (Wildman–Crippen MR) is 73.1 cm³/mol. The average molecular weight is 259 g/mol. The van der Waals surface area contributed by atoms with E-state index in [1.54, 1.807) is 13.2 Å². The van der Waals surface area contributed by atoms with Gasteiger partial charge in [-0.1, -0.05) is 12.1 Å². The van der Waals surface area contributed by atoms with Crippen molar-refractivity contribution in [3.8, 4) is 11.5 Å². The van der Waals surface area contributed by atoms with Crippen molar-refractivity contribution in [3.63, 3.8) is 0 Å². The summed E-state index contributed by atoms with van der Waals surface area (Å²) >= 11 is 0. The van der Waals surface area contributed by atoms with Crippen LogP contribution in [0.4, 0.5) is 0 Å². The highest BCUT2D eigenvalue weighted by atomic mass is 16.6. The summed E-state index contributed by atoms with van der Waals surface area (Å²) in [7, 11) is 3.11. The molecule has 98 valence electrons. The van der Waals surface area contributed by atoms with Crippen LogP contribution in [-0.4, -0.2) is 19.1 Å². The number of fused-ring (bicyclic) bond motifs is 1. The summed E-state index contributed by atoms with van der Waals surface area (Å²) in [4.78, 5) is 9.98. The minimum Gasteiger partial charge on any atom is -0.497 e. The molecule has 19 heavy (non-hydrogen) atoms. The number of hydrogen-bond acceptors (Lipinski definition) is 4. The van der Waals surface area contributed by atoms with Crippen molar-refractivity contribution in [1.82, 2.24) is 0 Å². The highest BCUT2D eigenvalue weighted by Gasteiger charge is 2.08. The normalized spacial score (nSPS) is 10.8. The standard InChI is InChI=1S/C14H13NO4/c1-18-11-5-3-10-4-6-14(19-2)12(13(10)9-11)7-8-15(16)17/h3-9H,1-2H3. The summed E-state index contributed by atoms with van der Waals surface area (Å²) in [6.45, 7) is 0. The van der Waals surface area contributed by atoms with E-state index < -0.39 is 4.92 Å². The SMILES string of the molecule is COc1ccc2ccc(OC)c(C=C[N+](=O)[O-])c2c1. The molecule has 0 saturated carbocycles. The lowest BCUT2D eigenvalue weighted by atomic mass is 10.0. The number of nitro groups is 1. The molecule has 5 heteroatoms. The molecule has 2 rings (SSSR count). The molecular formula is C14H13NO4. The minimum atomic E-state index is -0.502. The van der Waals surface area contributed by atoms with Crippen molar-refractivity contribution in [2.24, 2.45) is 0 Å². The van der Waals surface area contributed by atoms with E-state index in [-0.39, 0.29) is 0 Å². The Morgan fingerprint density at radius 2 is 1.89 bits per heavy atom. The summed E-state index contributed by atoms with van der Waals surface area (Å²) in [6.07, 6.45) is 2.33. The molecule has 2 aromatic rings. The summed E-state index contributed by atoms with van der Waals surface area (Å²) in [6, 6.07) is 9.26. The zero-order valence-corrected chi connectivity index (χ0v) is 10.6. The molecule has 0 aliphatic heterocycles. The Bertz CT molecular complexity index is 644. The molecule has 0 aliphatic rings. The fourth-order valence-corrected chi connectivity index (χ4v) is 1.91. The fourth-order valence-electron chi connectivity index (χ4n) is 1.91. The van der Waals surface area contributed by atoms with Crippen LogP contribution in [0, 0.1) is 10.1 Å². The number of methoxy groups -OCH3 is 2. The molecule has 0 radical (unpaired) electrons. The maximum Gasteiger partial charge on any atom is 0.235 e. The van der Waals surface area contributed by atoms with Crippen LogP contribution in [0.1, 0.15) is 5.56 Å². The Balaban J connectivity index is 2.69. The molecule has 0 bridgehead atoms. The van der Waals surface area contributed by atoms with Crippen LogP contribution in [0.15, 0.2) is 36.5 Å². The third kappa shape index (κ3) is 2.65. The Morgan fingerprint density at radius 1 is 1.16 bits per heavy atom. The quantitative estimate of drug-likeness (QED) is 0.625. The topological polar surface area (TPSA) is 61.6 Å². The third-order valence-corrected chi connectivity index (χ3v) is 2.81. The van der Waals surface area contributed by atoms with Gasteiger partial charge in [-0.05, 0) is 29.0 Å². The van der Waals surface area contributed by atoms with Gasteiger partial charge in [-0.3, -0.25) is 10.1 Å². The molecule has 0 aromatic heterocycles. The first-order chi connectivity index (χ1) is 9.15. The van der Waals surface area contributed by atoms with E-state index in [1.807, 2.05) is 24.3 Å². The number of ether oxygens (including phenoxy) is 2. The lowest BCUT2D eigenvalue weighted by Crippen LogP contribution is -1.91. The second-order valence-corrected chi connectivity index (χ2v) is 3.87. The van der Waals surface area contributed by atoms with Crippen LogP contribution in [-0.2, 0) is 0 Å². The predicted octanol–water partition coefficient (Wildman–Crippen LogP) is 3.10. The molecule has 0 N–H and O–H groups in total. The maximum absolute atomic E-state index is 10.5. The summed E-state index contributed by atoms with van der Waals surface area (Å²) in [5.74, 6) is 1.27. The number of nitrogens with zero attached hydrogens (tertiary/aromatic N) is 1. The van der Waals surface area contributed by atoms with Gasteiger partial charge in [-0.2, -0.15) is 0 Å². The van der Waals surface area contributed by atoms with Gasteiger partial charge in [0, 0.05) is 11.6 Å². The van der Waals surface area contributed by atoms with Crippen molar-refractivity contribution in [3.05, 3.63) is 52.2 Å². The molecule has 0 atom stereocenters. The number of benzene rings is 2. The van der Waals surface area contributed by atoms with Crippen LogP contribution in [0.3, 0.4) is 0 Å². The molecule has 2 aromatic carbocycles. The van der Waals surface area contributed by atoms with Crippen LogP contribution in [0.2, 0.25) is 0 Å². The fraction of sp³-hybridized carbons (Fsp3) is 0.143. The van der Waals surface area contributed by atoms with Gasteiger partial charge in [0.25, 0.3) is 0 Å². The van der Waals surface area contributed by atoms with E-state index in [1.165, 1.54) is 13.2 Å². The van der Waals surface area contributed by atoms with Gasteiger partial charge < -0.3 is 9.47 Å². The van der Waals surface area contributed by atoms with Crippen molar-refractivity contribution in [2.75, 3.05) is 14.2 Å². The largest absolute Gasteiger partial charge is 0.497 e. The van der Waals surface area contributed by atoms with Crippen molar-refractivity contribution < 1.29 is 14.4 Å². The minimum absolute atomic E-state index is 0.502.